The molecule has 0 fully saturated rings. The average Bonchev–Trinajstić information content (AvgIpc) is 2.78. The van der Waals surface area contributed by atoms with Gasteiger partial charge in [0.25, 0.3) is 0 Å². The minimum absolute atomic E-state index is 0.688. The first-order valence-electron chi connectivity index (χ1n) is 7.71. The molecule has 0 bridgehead atoms. The molecular weight excluding hydrogens is 272 g/mol. The van der Waals surface area contributed by atoms with Crippen molar-refractivity contribution in [2.75, 3.05) is 6.54 Å². The summed E-state index contributed by atoms with van der Waals surface area (Å²) in [6.07, 6.45) is 1.89. The van der Waals surface area contributed by atoms with Crippen LogP contribution in [0.3, 0.4) is 0 Å². The van der Waals surface area contributed by atoms with E-state index in [0.29, 0.717) is 6.54 Å². The van der Waals surface area contributed by atoms with Gasteiger partial charge in [0.15, 0.2) is 0 Å². The van der Waals surface area contributed by atoms with E-state index in [2.05, 4.69) is 54.9 Å². The molecule has 3 heteroatoms. The molecule has 0 aliphatic heterocycles. The summed E-state index contributed by atoms with van der Waals surface area (Å²) < 4.78 is 8.35. The van der Waals surface area contributed by atoms with Crippen LogP contribution >= 0.6 is 0 Å². The van der Waals surface area contributed by atoms with E-state index in [1.54, 1.807) is 0 Å². The van der Waals surface area contributed by atoms with E-state index >= 15 is 0 Å². The van der Waals surface area contributed by atoms with Crippen molar-refractivity contribution in [3.05, 3.63) is 59.7 Å². The van der Waals surface area contributed by atoms with E-state index < -0.39 is 0 Å². The van der Waals surface area contributed by atoms with Crippen LogP contribution in [0.15, 0.2) is 48.5 Å². The van der Waals surface area contributed by atoms with Gasteiger partial charge in [-0.05, 0) is 50.1 Å². The predicted molar refractivity (Wildman–Crippen MR) is 91.5 cm³/mol. The highest BCUT2D eigenvalue weighted by Crippen LogP contribution is 2.35. The number of para-hydroxylation sites is 1. The number of aryl methyl sites for hydroxylation is 3. The van der Waals surface area contributed by atoms with Gasteiger partial charge in [0.05, 0.1) is 5.52 Å². The molecule has 0 atom stereocenters. The Morgan fingerprint density at radius 3 is 2.68 bits per heavy atom. The Morgan fingerprint density at radius 1 is 1.09 bits per heavy atom. The van der Waals surface area contributed by atoms with Gasteiger partial charge < -0.3 is 15.0 Å². The quantitative estimate of drug-likeness (QED) is 0.767. The molecule has 0 saturated carbocycles. The average molecular weight is 294 g/mol. The number of hydrogen-bond acceptors (Lipinski definition) is 2. The van der Waals surface area contributed by atoms with Crippen molar-refractivity contribution in [3.63, 3.8) is 0 Å². The maximum absolute atomic E-state index is 6.23. The van der Waals surface area contributed by atoms with Crippen LogP contribution in [-0.4, -0.2) is 11.1 Å². The minimum Gasteiger partial charge on any atom is -0.441 e. The molecule has 3 aromatic rings. The fourth-order valence-electron chi connectivity index (χ4n) is 2.89. The van der Waals surface area contributed by atoms with Gasteiger partial charge >= 0.3 is 0 Å². The molecule has 3 nitrogen and oxygen atoms in total. The summed E-state index contributed by atoms with van der Waals surface area (Å²) in [4.78, 5) is 0. The summed E-state index contributed by atoms with van der Waals surface area (Å²) in [6, 6.07) is 16.6. The Bertz CT molecular complexity index is 789. The lowest BCUT2D eigenvalue weighted by molar-refractivity contribution is 0.439. The molecule has 0 aliphatic rings. The van der Waals surface area contributed by atoms with Gasteiger partial charge in [0.2, 0.25) is 5.88 Å². The van der Waals surface area contributed by atoms with Gasteiger partial charge in [0, 0.05) is 18.0 Å². The van der Waals surface area contributed by atoms with Gasteiger partial charge in [-0.25, -0.2) is 0 Å². The van der Waals surface area contributed by atoms with Gasteiger partial charge in [-0.1, -0.05) is 30.3 Å². The third kappa shape index (κ3) is 2.72. The zero-order valence-corrected chi connectivity index (χ0v) is 13.2. The number of nitrogens with two attached hydrogens (primary N) is 1. The highest BCUT2D eigenvalue weighted by molar-refractivity contribution is 5.87. The van der Waals surface area contributed by atoms with Crippen molar-refractivity contribution in [2.24, 2.45) is 12.8 Å². The Hall–Kier alpha value is -2.26. The molecule has 2 N–H and O–H groups in total. The molecule has 0 saturated heterocycles. The van der Waals surface area contributed by atoms with Crippen LogP contribution < -0.4 is 10.5 Å². The van der Waals surface area contributed by atoms with E-state index in [-0.39, 0.29) is 0 Å². The largest absolute Gasteiger partial charge is 0.441 e. The normalized spacial score (nSPS) is 11.0. The molecule has 2 aromatic carbocycles. The van der Waals surface area contributed by atoms with Crippen LogP contribution in [0.2, 0.25) is 0 Å². The number of nitrogens with zero attached hydrogens (tertiary/aromatic N) is 1. The number of ether oxygens (including phenoxy) is 1. The molecule has 1 heterocycles. The molecule has 0 unspecified atom stereocenters. The van der Waals surface area contributed by atoms with E-state index in [1.807, 2.05) is 12.1 Å². The van der Waals surface area contributed by atoms with Crippen LogP contribution in [0.4, 0.5) is 0 Å². The lowest BCUT2D eigenvalue weighted by atomic mass is 10.1. The summed E-state index contributed by atoms with van der Waals surface area (Å²) >= 11 is 0. The SMILES string of the molecule is Cc1cccc(Oc2c(CCCN)c3ccccc3n2C)c1. The van der Waals surface area contributed by atoms with Gasteiger partial charge in [0.1, 0.15) is 5.75 Å². The molecular formula is C19H22N2O. The van der Waals surface area contributed by atoms with Crippen molar-refractivity contribution in [2.45, 2.75) is 19.8 Å². The summed E-state index contributed by atoms with van der Waals surface area (Å²) in [5, 5.41) is 1.25. The fourth-order valence-corrected chi connectivity index (χ4v) is 2.89. The smallest absolute Gasteiger partial charge is 0.204 e. The van der Waals surface area contributed by atoms with Crippen molar-refractivity contribution >= 4 is 10.9 Å². The first kappa shape index (κ1) is 14.7. The second-order valence-electron chi connectivity index (χ2n) is 5.67. The Labute approximate surface area is 131 Å². The van der Waals surface area contributed by atoms with E-state index in [1.165, 1.54) is 22.0 Å². The monoisotopic (exact) mass is 294 g/mol. The lowest BCUT2D eigenvalue weighted by Gasteiger charge is -2.10. The van der Waals surface area contributed by atoms with Gasteiger partial charge in [-0.15, -0.1) is 0 Å². The predicted octanol–water partition coefficient (Wildman–Crippen LogP) is 4.17. The van der Waals surface area contributed by atoms with Crippen LogP contribution in [0.1, 0.15) is 17.5 Å². The Morgan fingerprint density at radius 2 is 1.91 bits per heavy atom. The molecule has 114 valence electrons. The van der Waals surface area contributed by atoms with Crippen molar-refractivity contribution in [1.29, 1.82) is 0 Å². The summed E-state index contributed by atoms with van der Waals surface area (Å²) in [7, 11) is 2.05. The highest BCUT2D eigenvalue weighted by atomic mass is 16.5. The number of aromatic nitrogens is 1. The summed E-state index contributed by atoms with van der Waals surface area (Å²) in [5.74, 6) is 1.79. The van der Waals surface area contributed by atoms with Crippen LogP contribution in [-0.2, 0) is 13.5 Å². The molecule has 0 amide bonds. The number of fused-ring (bicyclic) bond motifs is 1. The lowest BCUT2D eigenvalue weighted by Crippen LogP contribution is -2.02. The zero-order valence-electron chi connectivity index (χ0n) is 13.2. The van der Waals surface area contributed by atoms with E-state index in [4.69, 9.17) is 10.5 Å². The first-order valence-corrected chi connectivity index (χ1v) is 7.71. The molecule has 3 rings (SSSR count). The number of rotatable bonds is 5. The van der Waals surface area contributed by atoms with E-state index in [9.17, 15) is 0 Å². The van der Waals surface area contributed by atoms with Gasteiger partial charge in [-0.2, -0.15) is 0 Å². The van der Waals surface area contributed by atoms with Gasteiger partial charge in [-0.3, -0.25) is 0 Å². The topological polar surface area (TPSA) is 40.2 Å². The number of hydrogen-bond donors (Lipinski definition) is 1. The van der Waals surface area contributed by atoms with Crippen LogP contribution in [0, 0.1) is 6.92 Å². The molecule has 1 aromatic heterocycles. The maximum Gasteiger partial charge on any atom is 0.204 e. The zero-order chi connectivity index (χ0) is 15.5. The van der Waals surface area contributed by atoms with E-state index in [0.717, 1.165) is 24.5 Å². The second-order valence-corrected chi connectivity index (χ2v) is 5.67. The second kappa shape index (κ2) is 6.24. The molecule has 22 heavy (non-hydrogen) atoms. The fraction of sp³-hybridized carbons (Fsp3) is 0.263. The number of benzene rings is 2. The third-order valence-electron chi connectivity index (χ3n) is 3.99. The molecule has 0 aliphatic carbocycles. The first-order chi connectivity index (χ1) is 10.7. The van der Waals surface area contributed by atoms with Crippen LogP contribution in [0.5, 0.6) is 11.6 Å². The van der Waals surface area contributed by atoms with Crippen LogP contribution in [0.25, 0.3) is 10.9 Å². The molecule has 0 spiro atoms. The standard InChI is InChI=1S/C19H22N2O/c1-14-7-5-8-15(13-14)22-19-17(10-6-12-20)16-9-3-4-11-18(16)21(19)2/h3-5,7-9,11,13H,6,10,12,20H2,1-2H3. The molecule has 0 radical (unpaired) electrons. The highest BCUT2D eigenvalue weighted by Gasteiger charge is 2.16. The Balaban J connectivity index is 2.08. The maximum atomic E-state index is 6.23. The van der Waals surface area contributed by atoms with Crippen molar-refractivity contribution in [1.82, 2.24) is 4.57 Å². The van der Waals surface area contributed by atoms with Crippen molar-refractivity contribution in [3.8, 4) is 11.6 Å². The summed E-state index contributed by atoms with van der Waals surface area (Å²) in [6.45, 7) is 2.76. The van der Waals surface area contributed by atoms with Crippen molar-refractivity contribution < 1.29 is 4.74 Å². The summed E-state index contributed by atoms with van der Waals surface area (Å²) in [5.41, 5.74) is 9.33. The third-order valence-corrected chi connectivity index (χ3v) is 3.99. The Kier molecular flexibility index (Phi) is 4.16. The minimum atomic E-state index is 0.688.